The average molecular weight is 569 g/mol. The molecule has 0 radical (unpaired) electrons. The van der Waals surface area contributed by atoms with Gasteiger partial charge in [0.15, 0.2) is 5.96 Å². The molecule has 1 heterocycles. The Morgan fingerprint density at radius 2 is 1.82 bits per heavy atom. The predicted octanol–water partition coefficient (Wildman–Crippen LogP) is 2.90. The fraction of sp³-hybridized carbons (Fsp3) is 0.417. The number of benzene rings is 2. The van der Waals surface area contributed by atoms with Crippen molar-refractivity contribution in [3.05, 3.63) is 59.9 Å². The highest BCUT2D eigenvalue weighted by Gasteiger charge is 2.19. The Hall–Kier alpha value is -2.56. The van der Waals surface area contributed by atoms with Gasteiger partial charge in [-0.2, -0.15) is 0 Å². The van der Waals surface area contributed by atoms with Gasteiger partial charge in [0.2, 0.25) is 5.91 Å². The molecule has 2 N–H and O–H groups in total. The molecule has 1 amide bonds. The summed E-state index contributed by atoms with van der Waals surface area (Å²) in [5.41, 5.74) is 1.85. The zero-order chi connectivity index (χ0) is 22.8. The van der Waals surface area contributed by atoms with Crippen LogP contribution < -0.4 is 20.3 Å². The second-order valence-corrected chi connectivity index (χ2v) is 7.56. The standard InChI is InChI=1S/C24H32FN5O2.HI/c1-3-26-24(28-12-11-27-23(31)18-19-5-4-6-20(25)17-19)30-15-13-29(14-16-30)21-7-9-22(32-2)10-8-21;/h4-10,17H,3,11-16,18H2,1-2H3,(H,26,28)(H,27,31);1H. The summed E-state index contributed by atoms with van der Waals surface area (Å²) >= 11 is 0. The number of carbonyl (C=O) groups excluding carboxylic acids is 1. The minimum Gasteiger partial charge on any atom is -0.497 e. The summed E-state index contributed by atoms with van der Waals surface area (Å²) in [4.78, 5) is 21.4. The molecular weight excluding hydrogens is 536 g/mol. The van der Waals surface area contributed by atoms with Gasteiger partial charge in [-0.05, 0) is 48.9 Å². The molecule has 1 aliphatic heterocycles. The van der Waals surface area contributed by atoms with Crippen LogP contribution in [0.2, 0.25) is 0 Å². The Morgan fingerprint density at radius 3 is 2.45 bits per heavy atom. The zero-order valence-electron chi connectivity index (χ0n) is 19.2. The van der Waals surface area contributed by atoms with Crippen molar-refractivity contribution < 1.29 is 13.9 Å². The number of hydrogen-bond donors (Lipinski definition) is 2. The molecule has 0 unspecified atom stereocenters. The molecule has 2 aromatic rings. The molecule has 1 fully saturated rings. The molecule has 0 saturated carbocycles. The third kappa shape index (κ3) is 8.38. The van der Waals surface area contributed by atoms with Crippen LogP contribution in [0, 0.1) is 5.82 Å². The number of piperazine rings is 1. The monoisotopic (exact) mass is 569 g/mol. The molecule has 7 nitrogen and oxygen atoms in total. The van der Waals surface area contributed by atoms with Gasteiger partial charge in [0.05, 0.1) is 20.1 Å². The molecule has 0 atom stereocenters. The van der Waals surface area contributed by atoms with Gasteiger partial charge in [0.1, 0.15) is 11.6 Å². The molecule has 1 saturated heterocycles. The highest BCUT2D eigenvalue weighted by molar-refractivity contribution is 14.0. The highest BCUT2D eigenvalue weighted by Crippen LogP contribution is 2.20. The molecule has 3 rings (SSSR count). The lowest BCUT2D eigenvalue weighted by Crippen LogP contribution is -2.52. The lowest BCUT2D eigenvalue weighted by molar-refractivity contribution is -0.120. The fourth-order valence-electron chi connectivity index (χ4n) is 3.65. The minimum atomic E-state index is -0.331. The Kier molecular flexibility index (Phi) is 11.2. The molecular formula is C24H33FIN5O2. The largest absolute Gasteiger partial charge is 0.497 e. The van der Waals surface area contributed by atoms with Gasteiger partial charge >= 0.3 is 0 Å². The summed E-state index contributed by atoms with van der Waals surface area (Å²) in [6.07, 6.45) is 0.162. The molecule has 0 aliphatic carbocycles. The van der Waals surface area contributed by atoms with E-state index in [1.807, 2.05) is 19.1 Å². The van der Waals surface area contributed by atoms with E-state index < -0.39 is 0 Å². The van der Waals surface area contributed by atoms with E-state index >= 15 is 0 Å². The quantitative estimate of drug-likeness (QED) is 0.222. The van der Waals surface area contributed by atoms with E-state index in [1.54, 1.807) is 19.2 Å². The van der Waals surface area contributed by atoms with Crippen molar-refractivity contribution in [2.24, 2.45) is 4.99 Å². The summed E-state index contributed by atoms with van der Waals surface area (Å²) in [5.74, 6) is 1.25. The maximum absolute atomic E-state index is 13.2. The van der Waals surface area contributed by atoms with Crippen molar-refractivity contribution in [2.75, 3.05) is 57.8 Å². The second-order valence-electron chi connectivity index (χ2n) is 7.56. The SMILES string of the molecule is CCNC(=NCCNC(=O)Cc1cccc(F)c1)N1CCN(c2ccc(OC)cc2)CC1.I. The van der Waals surface area contributed by atoms with Crippen molar-refractivity contribution in [2.45, 2.75) is 13.3 Å². The zero-order valence-corrected chi connectivity index (χ0v) is 21.6. The Morgan fingerprint density at radius 1 is 1.09 bits per heavy atom. The van der Waals surface area contributed by atoms with Crippen LogP contribution in [0.1, 0.15) is 12.5 Å². The van der Waals surface area contributed by atoms with Crippen LogP contribution in [0.25, 0.3) is 0 Å². The minimum absolute atomic E-state index is 0. The Bertz CT molecular complexity index is 902. The molecule has 0 aromatic heterocycles. The molecule has 0 bridgehead atoms. The van der Waals surface area contributed by atoms with Crippen molar-refractivity contribution in [1.29, 1.82) is 0 Å². The van der Waals surface area contributed by atoms with Gasteiger partial charge in [-0.1, -0.05) is 12.1 Å². The first-order valence-electron chi connectivity index (χ1n) is 11.0. The lowest BCUT2D eigenvalue weighted by Gasteiger charge is -2.37. The number of anilines is 1. The van der Waals surface area contributed by atoms with Crippen LogP contribution in [-0.4, -0.2) is 69.7 Å². The summed E-state index contributed by atoms with van der Waals surface area (Å²) < 4.78 is 18.5. The molecule has 0 spiro atoms. The number of halogens is 2. The molecule has 2 aromatic carbocycles. The molecule has 9 heteroatoms. The summed E-state index contributed by atoms with van der Waals surface area (Å²) in [7, 11) is 1.67. The topological polar surface area (TPSA) is 69.2 Å². The van der Waals surface area contributed by atoms with Crippen LogP contribution in [0.3, 0.4) is 0 Å². The van der Waals surface area contributed by atoms with Gasteiger partial charge in [0, 0.05) is 45.0 Å². The number of nitrogens with one attached hydrogen (secondary N) is 2. The Labute approximate surface area is 212 Å². The van der Waals surface area contributed by atoms with Gasteiger partial charge in [0.25, 0.3) is 0 Å². The highest BCUT2D eigenvalue weighted by atomic mass is 127. The van der Waals surface area contributed by atoms with E-state index in [2.05, 4.69) is 37.6 Å². The van der Waals surface area contributed by atoms with E-state index in [9.17, 15) is 9.18 Å². The first-order valence-corrected chi connectivity index (χ1v) is 11.0. The van der Waals surface area contributed by atoms with Gasteiger partial charge in [-0.3, -0.25) is 9.79 Å². The number of rotatable bonds is 8. The summed E-state index contributed by atoms with van der Waals surface area (Å²) in [6.45, 7) is 7.29. The van der Waals surface area contributed by atoms with E-state index in [0.717, 1.165) is 44.4 Å². The fourth-order valence-corrected chi connectivity index (χ4v) is 3.65. The third-order valence-corrected chi connectivity index (χ3v) is 5.30. The molecule has 180 valence electrons. The van der Waals surface area contributed by atoms with Crippen molar-refractivity contribution in [3.63, 3.8) is 0 Å². The average Bonchev–Trinajstić information content (AvgIpc) is 2.81. The first kappa shape index (κ1) is 26.7. The first-order chi connectivity index (χ1) is 15.6. The number of methoxy groups -OCH3 is 1. The van der Waals surface area contributed by atoms with E-state index in [1.165, 1.54) is 17.8 Å². The number of amides is 1. The van der Waals surface area contributed by atoms with Crippen LogP contribution in [0.5, 0.6) is 5.75 Å². The lowest BCUT2D eigenvalue weighted by atomic mass is 10.1. The summed E-state index contributed by atoms with van der Waals surface area (Å²) in [6, 6.07) is 14.2. The van der Waals surface area contributed by atoms with Crippen LogP contribution >= 0.6 is 24.0 Å². The second kappa shape index (κ2) is 13.9. The smallest absolute Gasteiger partial charge is 0.224 e. The number of aliphatic imine (C=N–C) groups is 1. The number of ether oxygens (including phenoxy) is 1. The maximum Gasteiger partial charge on any atom is 0.224 e. The van der Waals surface area contributed by atoms with Crippen LogP contribution in [0.4, 0.5) is 10.1 Å². The third-order valence-electron chi connectivity index (χ3n) is 5.30. The Balaban J connectivity index is 0.00000385. The van der Waals surface area contributed by atoms with Crippen molar-refractivity contribution >= 4 is 41.5 Å². The van der Waals surface area contributed by atoms with Crippen LogP contribution in [-0.2, 0) is 11.2 Å². The normalized spacial score (nSPS) is 13.8. The van der Waals surface area contributed by atoms with E-state index in [-0.39, 0.29) is 42.1 Å². The number of hydrogen-bond acceptors (Lipinski definition) is 4. The maximum atomic E-state index is 13.2. The number of carbonyl (C=O) groups is 1. The van der Waals surface area contributed by atoms with Gasteiger partial charge in [-0.25, -0.2) is 4.39 Å². The van der Waals surface area contributed by atoms with Crippen LogP contribution in [0.15, 0.2) is 53.5 Å². The predicted molar refractivity (Wildman–Crippen MR) is 141 cm³/mol. The van der Waals surface area contributed by atoms with Crippen molar-refractivity contribution in [1.82, 2.24) is 15.5 Å². The van der Waals surface area contributed by atoms with Gasteiger partial charge in [-0.15, -0.1) is 24.0 Å². The molecule has 1 aliphatic rings. The number of guanidine groups is 1. The van der Waals surface area contributed by atoms with Gasteiger partial charge < -0.3 is 25.2 Å². The number of nitrogens with zero attached hydrogens (tertiary/aromatic N) is 3. The van der Waals surface area contributed by atoms with E-state index in [4.69, 9.17) is 4.74 Å². The van der Waals surface area contributed by atoms with E-state index in [0.29, 0.717) is 18.7 Å². The molecule has 33 heavy (non-hydrogen) atoms. The summed E-state index contributed by atoms with van der Waals surface area (Å²) in [5, 5.41) is 6.20. The van der Waals surface area contributed by atoms with Crippen molar-refractivity contribution in [3.8, 4) is 5.75 Å².